The van der Waals surface area contributed by atoms with Crippen molar-refractivity contribution in [1.82, 2.24) is 9.97 Å². The summed E-state index contributed by atoms with van der Waals surface area (Å²) in [4.78, 5) is 9.11. The minimum absolute atomic E-state index is 0.113. The highest BCUT2D eigenvalue weighted by molar-refractivity contribution is 5.31. The number of hydrogen-bond acceptors (Lipinski definition) is 1. The monoisotopic (exact) mass is 362 g/mol. The molecule has 1 aromatic rings. The maximum absolute atomic E-state index is 5.26. The van der Waals surface area contributed by atoms with E-state index in [-0.39, 0.29) is 16.2 Å². The van der Waals surface area contributed by atoms with Crippen molar-refractivity contribution in [1.29, 1.82) is 0 Å². The van der Waals surface area contributed by atoms with E-state index in [2.05, 4.69) is 67.3 Å². The van der Waals surface area contributed by atoms with Gasteiger partial charge in [0, 0.05) is 21.9 Å². The van der Waals surface area contributed by atoms with Gasteiger partial charge in [0.25, 0.3) is 0 Å². The van der Waals surface area contributed by atoms with Gasteiger partial charge in [0.15, 0.2) is 0 Å². The van der Waals surface area contributed by atoms with Gasteiger partial charge in [-0.25, -0.2) is 4.98 Å². The SMILES string of the molecule is CCCCCC(C)(C)c1[nH]c(C(C)(C)CCC)nc1C(C)(C)CCCC. The number of imidazole rings is 1. The van der Waals surface area contributed by atoms with E-state index in [0.29, 0.717) is 0 Å². The second kappa shape index (κ2) is 9.42. The summed E-state index contributed by atoms with van der Waals surface area (Å²) >= 11 is 0. The molecule has 0 aliphatic heterocycles. The van der Waals surface area contributed by atoms with Crippen molar-refractivity contribution in [3.63, 3.8) is 0 Å². The molecule has 2 heteroatoms. The predicted molar refractivity (Wildman–Crippen MR) is 116 cm³/mol. The van der Waals surface area contributed by atoms with Gasteiger partial charge in [-0.3, -0.25) is 0 Å². The van der Waals surface area contributed by atoms with Gasteiger partial charge < -0.3 is 4.98 Å². The van der Waals surface area contributed by atoms with Gasteiger partial charge in [-0.2, -0.15) is 0 Å². The Balaban J connectivity index is 3.34. The number of unbranched alkanes of at least 4 members (excludes halogenated alkanes) is 3. The zero-order chi connectivity index (χ0) is 20.0. The highest BCUT2D eigenvalue weighted by Crippen LogP contribution is 2.40. The molecule has 1 heterocycles. The van der Waals surface area contributed by atoms with Crippen molar-refractivity contribution in [2.75, 3.05) is 0 Å². The minimum atomic E-state index is 0.113. The molecular weight excluding hydrogens is 316 g/mol. The van der Waals surface area contributed by atoms with Gasteiger partial charge >= 0.3 is 0 Å². The van der Waals surface area contributed by atoms with Crippen LogP contribution in [0.4, 0.5) is 0 Å². The van der Waals surface area contributed by atoms with Crippen molar-refractivity contribution < 1.29 is 0 Å². The summed E-state index contributed by atoms with van der Waals surface area (Å²) in [5.41, 5.74) is 3.12. The molecular formula is C24H46N2. The Kier molecular flexibility index (Phi) is 8.42. The summed E-state index contributed by atoms with van der Waals surface area (Å²) in [6.07, 6.45) is 11.2. The summed E-state index contributed by atoms with van der Waals surface area (Å²) in [6.45, 7) is 21.1. The number of nitrogens with zero attached hydrogens (tertiary/aromatic N) is 1. The molecule has 0 aliphatic rings. The number of aromatic amines is 1. The molecule has 1 N–H and O–H groups in total. The third-order valence-electron chi connectivity index (χ3n) is 6.10. The number of nitrogens with one attached hydrogen (secondary N) is 1. The fourth-order valence-corrected chi connectivity index (χ4v) is 4.10. The van der Waals surface area contributed by atoms with E-state index < -0.39 is 0 Å². The molecule has 2 nitrogen and oxygen atoms in total. The molecule has 0 aromatic carbocycles. The topological polar surface area (TPSA) is 28.7 Å². The summed E-state index contributed by atoms with van der Waals surface area (Å²) in [6, 6.07) is 0. The lowest BCUT2D eigenvalue weighted by Gasteiger charge is -2.30. The van der Waals surface area contributed by atoms with Crippen molar-refractivity contribution in [2.24, 2.45) is 0 Å². The molecule has 0 radical (unpaired) electrons. The van der Waals surface area contributed by atoms with Crippen LogP contribution < -0.4 is 0 Å². The number of H-pyrrole nitrogens is 1. The Labute approximate surface area is 164 Å². The first kappa shape index (κ1) is 23.2. The molecule has 152 valence electrons. The van der Waals surface area contributed by atoms with Crippen LogP contribution in [0.2, 0.25) is 0 Å². The van der Waals surface area contributed by atoms with Gasteiger partial charge in [-0.15, -0.1) is 0 Å². The van der Waals surface area contributed by atoms with Gasteiger partial charge in [0.05, 0.1) is 5.69 Å². The molecule has 0 unspecified atom stereocenters. The summed E-state index contributed by atoms with van der Waals surface area (Å²) < 4.78 is 0. The molecule has 0 fully saturated rings. The first-order valence-corrected chi connectivity index (χ1v) is 11.1. The van der Waals surface area contributed by atoms with Crippen LogP contribution in [0.5, 0.6) is 0 Å². The van der Waals surface area contributed by atoms with E-state index in [1.54, 1.807) is 0 Å². The fraction of sp³-hybridized carbons (Fsp3) is 0.875. The standard InChI is InChI=1S/C24H46N2/c1-10-13-15-18-23(6,7)20-19(22(4,5)17-14-11-2)25-21(26-20)24(8,9)16-12-3/h10-18H2,1-9H3,(H,25,26). The molecule has 1 aromatic heterocycles. The largest absolute Gasteiger partial charge is 0.345 e. The number of hydrogen-bond donors (Lipinski definition) is 1. The Morgan fingerprint density at radius 3 is 1.77 bits per heavy atom. The second-order valence-corrected chi connectivity index (χ2v) is 10.3. The lowest BCUT2D eigenvalue weighted by Crippen LogP contribution is -2.26. The van der Waals surface area contributed by atoms with E-state index >= 15 is 0 Å². The second-order valence-electron chi connectivity index (χ2n) is 10.3. The first-order chi connectivity index (χ1) is 12.0. The summed E-state index contributed by atoms with van der Waals surface area (Å²) in [5, 5.41) is 0. The lowest BCUT2D eigenvalue weighted by molar-refractivity contribution is 0.401. The molecule has 0 bridgehead atoms. The third kappa shape index (κ3) is 5.86. The third-order valence-corrected chi connectivity index (χ3v) is 6.10. The van der Waals surface area contributed by atoms with Crippen molar-refractivity contribution >= 4 is 0 Å². The number of aromatic nitrogens is 2. The van der Waals surface area contributed by atoms with Crippen LogP contribution in [0.3, 0.4) is 0 Å². The highest BCUT2D eigenvalue weighted by Gasteiger charge is 2.36. The fourth-order valence-electron chi connectivity index (χ4n) is 4.10. The summed E-state index contributed by atoms with van der Waals surface area (Å²) in [5.74, 6) is 1.19. The Hall–Kier alpha value is -0.790. The molecule has 0 saturated carbocycles. The Morgan fingerprint density at radius 2 is 1.23 bits per heavy atom. The highest BCUT2D eigenvalue weighted by atomic mass is 15.0. The van der Waals surface area contributed by atoms with Crippen molar-refractivity contribution in [3.05, 3.63) is 17.2 Å². The molecule has 1 rings (SSSR count). The average molecular weight is 363 g/mol. The zero-order valence-electron chi connectivity index (χ0n) is 19.3. The molecule has 0 saturated heterocycles. The van der Waals surface area contributed by atoms with Gasteiger partial charge in [0.2, 0.25) is 0 Å². The van der Waals surface area contributed by atoms with Crippen LogP contribution in [0, 0.1) is 0 Å². The maximum Gasteiger partial charge on any atom is 0.112 e. The van der Waals surface area contributed by atoms with Gasteiger partial charge in [0.1, 0.15) is 5.82 Å². The van der Waals surface area contributed by atoms with Crippen molar-refractivity contribution in [2.45, 2.75) is 136 Å². The molecule has 0 amide bonds. The van der Waals surface area contributed by atoms with Crippen LogP contribution in [-0.4, -0.2) is 9.97 Å². The van der Waals surface area contributed by atoms with Gasteiger partial charge in [-0.1, -0.05) is 101 Å². The van der Waals surface area contributed by atoms with Crippen LogP contribution in [-0.2, 0) is 16.2 Å². The van der Waals surface area contributed by atoms with Crippen LogP contribution >= 0.6 is 0 Å². The van der Waals surface area contributed by atoms with Crippen LogP contribution in [0.1, 0.15) is 137 Å². The van der Waals surface area contributed by atoms with E-state index in [9.17, 15) is 0 Å². The van der Waals surface area contributed by atoms with E-state index in [1.807, 2.05) is 0 Å². The van der Waals surface area contributed by atoms with Crippen LogP contribution in [0.25, 0.3) is 0 Å². The Bertz CT molecular complexity index is 534. The Morgan fingerprint density at radius 1 is 0.654 bits per heavy atom. The quantitative estimate of drug-likeness (QED) is 0.377. The molecule has 0 aliphatic carbocycles. The van der Waals surface area contributed by atoms with E-state index in [0.717, 1.165) is 0 Å². The zero-order valence-corrected chi connectivity index (χ0v) is 19.3. The smallest absolute Gasteiger partial charge is 0.112 e. The maximum atomic E-state index is 5.26. The first-order valence-electron chi connectivity index (χ1n) is 11.1. The van der Waals surface area contributed by atoms with E-state index in [1.165, 1.54) is 75.0 Å². The van der Waals surface area contributed by atoms with Crippen molar-refractivity contribution in [3.8, 4) is 0 Å². The average Bonchev–Trinajstić information content (AvgIpc) is 3.01. The molecule has 0 spiro atoms. The summed E-state index contributed by atoms with van der Waals surface area (Å²) in [7, 11) is 0. The van der Waals surface area contributed by atoms with E-state index in [4.69, 9.17) is 4.98 Å². The van der Waals surface area contributed by atoms with Gasteiger partial charge in [-0.05, 0) is 19.3 Å². The molecule has 0 atom stereocenters. The predicted octanol–water partition coefficient (Wildman–Crippen LogP) is 7.81. The normalized spacial score (nSPS) is 13.4. The van der Waals surface area contributed by atoms with Crippen LogP contribution in [0.15, 0.2) is 0 Å². The minimum Gasteiger partial charge on any atom is -0.345 e. The lowest BCUT2D eigenvalue weighted by atomic mass is 9.75. The molecule has 26 heavy (non-hydrogen) atoms. The number of rotatable bonds is 12.